The highest BCUT2D eigenvalue weighted by atomic mass is 16.5. The summed E-state index contributed by atoms with van der Waals surface area (Å²) in [6.45, 7) is 0.396. The van der Waals surface area contributed by atoms with Crippen molar-refractivity contribution >= 4 is 16.7 Å². The Kier molecular flexibility index (Phi) is 5.19. The van der Waals surface area contributed by atoms with E-state index in [9.17, 15) is 4.79 Å². The lowest BCUT2D eigenvalue weighted by Gasteiger charge is -2.13. The Hall–Kier alpha value is -3.01. The predicted molar refractivity (Wildman–Crippen MR) is 99.0 cm³/mol. The Morgan fingerprint density at radius 3 is 2.48 bits per heavy atom. The minimum absolute atomic E-state index is 0.0276. The summed E-state index contributed by atoms with van der Waals surface area (Å²) >= 11 is 0. The zero-order chi connectivity index (χ0) is 17.6. The van der Waals surface area contributed by atoms with E-state index in [1.54, 1.807) is 14.2 Å². The van der Waals surface area contributed by atoms with E-state index >= 15 is 0 Å². The number of methoxy groups -OCH3 is 2. The van der Waals surface area contributed by atoms with Crippen LogP contribution in [0.5, 0.6) is 11.5 Å². The highest BCUT2D eigenvalue weighted by Crippen LogP contribution is 2.30. The number of para-hydroxylation sites is 1. The van der Waals surface area contributed by atoms with E-state index in [1.807, 2.05) is 42.5 Å². The van der Waals surface area contributed by atoms with Crippen LogP contribution in [0.3, 0.4) is 0 Å². The van der Waals surface area contributed by atoms with E-state index in [0.717, 1.165) is 16.5 Å². The molecule has 4 heteroatoms. The number of carbonyl (C=O) groups is 1. The average Bonchev–Trinajstić information content (AvgIpc) is 2.65. The minimum atomic E-state index is -0.0276. The highest BCUT2D eigenvalue weighted by molar-refractivity contribution is 5.85. The summed E-state index contributed by atoms with van der Waals surface area (Å²) < 4.78 is 10.7. The topological polar surface area (TPSA) is 47.6 Å². The average molecular weight is 335 g/mol. The van der Waals surface area contributed by atoms with E-state index in [4.69, 9.17) is 9.47 Å². The van der Waals surface area contributed by atoms with Crippen LogP contribution in [-0.4, -0.2) is 20.1 Å². The molecular weight excluding hydrogens is 314 g/mol. The molecule has 0 fully saturated rings. The summed E-state index contributed by atoms with van der Waals surface area (Å²) in [5.74, 6) is 1.28. The van der Waals surface area contributed by atoms with Crippen LogP contribution in [0.1, 0.15) is 11.1 Å². The maximum Gasteiger partial charge on any atom is 0.224 e. The van der Waals surface area contributed by atoms with Crippen molar-refractivity contribution in [2.45, 2.75) is 13.0 Å². The Morgan fingerprint density at radius 2 is 1.72 bits per heavy atom. The fourth-order valence-electron chi connectivity index (χ4n) is 2.88. The van der Waals surface area contributed by atoms with Crippen molar-refractivity contribution in [3.8, 4) is 11.5 Å². The standard InChI is InChI=1S/C21H21NO3/c1-24-19-9-5-8-18(21(19)25-2)14-22-20(23)13-15-10-11-16-6-3-4-7-17(16)12-15/h3-12H,13-14H2,1-2H3,(H,22,23). The Labute approximate surface area is 147 Å². The molecule has 0 heterocycles. The van der Waals surface area contributed by atoms with Crippen LogP contribution in [0.25, 0.3) is 10.8 Å². The monoisotopic (exact) mass is 335 g/mol. The summed E-state index contributed by atoms with van der Waals surface area (Å²) in [6.07, 6.45) is 0.344. The van der Waals surface area contributed by atoms with Gasteiger partial charge >= 0.3 is 0 Å². The zero-order valence-electron chi connectivity index (χ0n) is 14.4. The Morgan fingerprint density at radius 1 is 0.920 bits per heavy atom. The minimum Gasteiger partial charge on any atom is -0.493 e. The van der Waals surface area contributed by atoms with Gasteiger partial charge in [0.15, 0.2) is 11.5 Å². The first-order valence-corrected chi connectivity index (χ1v) is 8.15. The van der Waals surface area contributed by atoms with Gasteiger partial charge in [-0.1, -0.05) is 54.6 Å². The van der Waals surface area contributed by atoms with Gasteiger partial charge in [-0.15, -0.1) is 0 Å². The van der Waals surface area contributed by atoms with Gasteiger partial charge in [-0.3, -0.25) is 4.79 Å². The molecule has 3 rings (SSSR count). The van der Waals surface area contributed by atoms with Crippen molar-refractivity contribution in [2.75, 3.05) is 14.2 Å². The van der Waals surface area contributed by atoms with E-state index < -0.39 is 0 Å². The molecule has 25 heavy (non-hydrogen) atoms. The fraction of sp³-hybridized carbons (Fsp3) is 0.190. The molecule has 0 radical (unpaired) electrons. The van der Waals surface area contributed by atoms with Crippen LogP contribution < -0.4 is 14.8 Å². The number of fused-ring (bicyclic) bond motifs is 1. The number of nitrogens with one attached hydrogen (secondary N) is 1. The third-order valence-electron chi connectivity index (χ3n) is 4.14. The molecule has 3 aromatic carbocycles. The van der Waals surface area contributed by atoms with Crippen LogP contribution in [-0.2, 0) is 17.8 Å². The van der Waals surface area contributed by atoms with E-state index in [2.05, 4.69) is 23.5 Å². The van der Waals surface area contributed by atoms with Gasteiger partial charge in [-0.05, 0) is 22.4 Å². The third-order valence-corrected chi connectivity index (χ3v) is 4.14. The van der Waals surface area contributed by atoms with Crippen LogP contribution in [0.2, 0.25) is 0 Å². The maximum absolute atomic E-state index is 12.3. The number of hydrogen-bond donors (Lipinski definition) is 1. The third kappa shape index (κ3) is 3.91. The predicted octanol–water partition coefficient (Wildman–Crippen LogP) is 3.72. The Balaban J connectivity index is 1.66. The normalized spacial score (nSPS) is 10.5. The highest BCUT2D eigenvalue weighted by Gasteiger charge is 2.11. The first-order valence-electron chi connectivity index (χ1n) is 8.15. The quantitative estimate of drug-likeness (QED) is 0.747. The largest absolute Gasteiger partial charge is 0.493 e. The fourth-order valence-corrected chi connectivity index (χ4v) is 2.88. The van der Waals surface area contributed by atoms with Gasteiger partial charge in [0, 0.05) is 12.1 Å². The second-order valence-corrected chi connectivity index (χ2v) is 5.79. The summed E-state index contributed by atoms with van der Waals surface area (Å²) in [7, 11) is 3.19. The molecule has 0 aliphatic heterocycles. The molecule has 3 aromatic rings. The molecule has 0 atom stereocenters. The first kappa shape index (κ1) is 16.8. The molecule has 0 aliphatic rings. The number of benzene rings is 3. The molecular formula is C21H21NO3. The lowest BCUT2D eigenvalue weighted by molar-refractivity contribution is -0.120. The maximum atomic E-state index is 12.3. The van der Waals surface area contributed by atoms with Crippen molar-refractivity contribution in [3.63, 3.8) is 0 Å². The second kappa shape index (κ2) is 7.71. The van der Waals surface area contributed by atoms with Crippen molar-refractivity contribution in [1.29, 1.82) is 0 Å². The second-order valence-electron chi connectivity index (χ2n) is 5.79. The summed E-state index contributed by atoms with van der Waals surface area (Å²) in [4.78, 5) is 12.3. The van der Waals surface area contributed by atoms with Gasteiger partial charge < -0.3 is 14.8 Å². The molecule has 4 nitrogen and oxygen atoms in total. The van der Waals surface area contributed by atoms with Crippen molar-refractivity contribution < 1.29 is 14.3 Å². The van der Waals surface area contributed by atoms with Crippen LogP contribution in [0, 0.1) is 0 Å². The summed E-state index contributed by atoms with van der Waals surface area (Å²) in [6, 6.07) is 19.9. The lowest BCUT2D eigenvalue weighted by Crippen LogP contribution is -2.24. The summed E-state index contributed by atoms with van der Waals surface area (Å²) in [5, 5.41) is 5.26. The molecule has 0 unspecified atom stereocenters. The molecule has 1 N–H and O–H groups in total. The number of hydrogen-bond acceptors (Lipinski definition) is 3. The smallest absolute Gasteiger partial charge is 0.224 e. The van der Waals surface area contributed by atoms with E-state index in [1.165, 1.54) is 5.39 Å². The Bertz CT molecular complexity index is 889. The van der Waals surface area contributed by atoms with Crippen molar-refractivity contribution in [1.82, 2.24) is 5.32 Å². The van der Waals surface area contributed by atoms with Gasteiger partial charge in [0.25, 0.3) is 0 Å². The summed E-state index contributed by atoms with van der Waals surface area (Å²) in [5.41, 5.74) is 1.88. The van der Waals surface area contributed by atoms with Crippen LogP contribution >= 0.6 is 0 Å². The van der Waals surface area contributed by atoms with Gasteiger partial charge in [0.2, 0.25) is 5.91 Å². The first-order chi connectivity index (χ1) is 12.2. The lowest BCUT2D eigenvalue weighted by atomic mass is 10.0. The van der Waals surface area contributed by atoms with Crippen LogP contribution in [0.15, 0.2) is 60.7 Å². The molecule has 128 valence electrons. The van der Waals surface area contributed by atoms with E-state index in [0.29, 0.717) is 24.5 Å². The number of amides is 1. The number of rotatable bonds is 6. The van der Waals surface area contributed by atoms with Gasteiger partial charge in [-0.2, -0.15) is 0 Å². The molecule has 0 aliphatic carbocycles. The number of carbonyl (C=O) groups excluding carboxylic acids is 1. The molecule has 0 saturated carbocycles. The van der Waals surface area contributed by atoms with E-state index in [-0.39, 0.29) is 5.91 Å². The van der Waals surface area contributed by atoms with Crippen molar-refractivity contribution in [3.05, 3.63) is 71.8 Å². The number of ether oxygens (including phenoxy) is 2. The SMILES string of the molecule is COc1cccc(CNC(=O)Cc2ccc3ccccc3c2)c1OC. The zero-order valence-corrected chi connectivity index (χ0v) is 14.4. The molecule has 0 aromatic heterocycles. The van der Waals surface area contributed by atoms with Gasteiger partial charge in [0.05, 0.1) is 20.6 Å². The molecule has 0 saturated heterocycles. The van der Waals surface area contributed by atoms with Crippen LogP contribution in [0.4, 0.5) is 0 Å². The molecule has 0 spiro atoms. The van der Waals surface area contributed by atoms with Crippen molar-refractivity contribution in [2.24, 2.45) is 0 Å². The van der Waals surface area contributed by atoms with Gasteiger partial charge in [0.1, 0.15) is 0 Å². The molecule has 0 bridgehead atoms. The van der Waals surface area contributed by atoms with Gasteiger partial charge in [-0.25, -0.2) is 0 Å². The molecule has 1 amide bonds.